The predicted octanol–water partition coefficient (Wildman–Crippen LogP) is 4.85. The molecule has 6 heteroatoms. The fourth-order valence-electron chi connectivity index (χ4n) is 4.53. The summed E-state index contributed by atoms with van der Waals surface area (Å²) in [6, 6.07) is 6.19. The number of benzene rings is 2. The van der Waals surface area contributed by atoms with Gasteiger partial charge in [0.15, 0.2) is 23.9 Å². The molecule has 2 N–H and O–H groups in total. The highest BCUT2D eigenvalue weighted by atomic mass is 16.4. The molecule has 0 aliphatic rings. The number of H-pyrrole nitrogens is 1. The average molecular weight is 402 g/mol. The zero-order valence-corrected chi connectivity index (χ0v) is 17.4. The van der Waals surface area contributed by atoms with Crippen molar-refractivity contribution >= 4 is 49.6 Å². The number of aryl methyl sites for hydroxylation is 4. The number of carboxylic acid groups (broad SMARTS) is 1. The SMILES string of the molecule is Cc1c2cc[n+](C)cc2c(C)c2c1[nH]c1ccc3oc(CCCCC(=O)O)nc3c12. The molecule has 30 heavy (non-hydrogen) atoms. The van der Waals surface area contributed by atoms with Crippen LogP contribution in [0.5, 0.6) is 0 Å². The number of nitrogens with one attached hydrogen (secondary N) is 1. The summed E-state index contributed by atoms with van der Waals surface area (Å²) in [6.07, 6.45) is 6.44. The van der Waals surface area contributed by atoms with Gasteiger partial charge in [-0.25, -0.2) is 9.55 Å². The Morgan fingerprint density at radius 1 is 1.13 bits per heavy atom. The summed E-state index contributed by atoms with van der Waals surface area (Å²) in [5.41, 5.74) is 6.29. The van der Waals surface area contributed by atoms with E-state index in [-0.39, 0.29) is 6.42 Å². The van der Waals surface area contributed by atoms with Crippen molar-refractivity contribution in [2.24, 2.45) is 7.05 Å². The monoisotopic (exact) mass is 402 g/mol. The number of rotatable bonds is 5. The van der Waals surface area contributed by atoms with E-state index in [0.29, 0.717) is 18.7 Å². The van der Waals surface area contributed by atoms with E-state index in [1.54, 1.807) is 0 Å². The van der Waals surface area contributed by atoms with Gasteiger partial charge in [0.2, 0.25) is 0 Å². The Morgan fingerprint density at radius 3 is 2.77 bits per heavy atom. The molecule has 3 heterocycles. The lowest BCUT2D eigenvalue weighted by molar-refractivity contribution is -0.670. The van der Waals surface area contributed by atoms with E-state index in [4.69, 9.17) is 14.5 Å². The van der Waals surface area contributed by atoms with Crippen LogP contribution in [-0.4, -0.2) is 21.0 Å². The molecular weight excluding hydrogens is 378 g/mol. The number of fused-ring (bicyclic) bond motifs is 6. The Bertz CT molecular complexity index is 1460. The quantitative estimate of drug-likeness (QED) is 0.325. The van der Waals surface area contributed by atoms with Gasteiger partial charge in [-0.1, -0.05) is 0 Å². The summed E-state index contributed by atoms with van der Waals surface area (Å²) in [4.78, 5) is 19.1. The third kappa shape index (κ3) is 2.83. The van der Waals surface area contributed by atoms with Gasteiger partial charge >= 0.3 is 5.97 Å². The van der Waals surface area contributed by atoms with E-state index < -0.39 is 5.97 Å². The molecule has 0 aliphatic carbocycles. The Morgan fingerprint density at radius 2 is 1.97 bits per heavy atom. The minimum absolute atomic E-state index is 0.176. The number of carboxylic acids is 1. The van der Waals surface area contributed by atoms with Gasteiger partial charge in [-0.2, -0.15) is 0 Å². The molecule has 0 spiro atoms. The molecule has 0 unspecified atom stereocenters. The Kier molecular flexibility index (Phi) is 4.24. The van der Waals surface area contributed by atoms with Gasteiger partial charge in [0, 0.05) is 40.6 Å². The lowest BCUT2D eigenvalue weighted by Crippen LogP contribution is -2.26. The van der Waals surface area contributed by atoms with E-state index >= 15 is 0 Å². The molecular formula is C24H24N3O3+. The van der Waals surface area contributed by atoms with Crippen LogP contribution in [0, 0.1) is 13.8 Å². The van der Waals surface area contributed by atoms with E-state index in [9.17, 15) is 4.79 Å². The highest BCUT2D eigenvalue weighted by Gasteiger charge is 2.19. The highest BCUT2D eigenvalue weighted by molar-refractivity contribution is 6.23. The second-order valence-electron chi connectivity index (χ2n) is 8.11. The molecule has 0 aliphatic heterocycles. The van der Waals surface area contributed by atoms with Gasteiger partial charge < -0.3 is 14.5 Å². The zero-order chi connectivity index (χ0) is 21.0. The van der Waals surface area contributed by atoms with Crippen molar-refractivity contribution in [1.82, 2.24) is 9.97 Å². The lowest BCUT2D eigenvalue weighted by atomic mass is 9.96. The number of carbonyl (C=O) groups is 1. The van der Waals surface area contributed by atoms with Crippen LogP contribution in [0.15, 0.2) is 35.0 Å². The molecule has 5 rings (SSSR count). The first-order chi connectivity index (χ1) is 14.4. The minimum atomic E-state index is -0.764. The van der Waals surface area contributed by atoms with E-state index in [1.165, 1.54) is 27.3 Å². The number of aliphatic carboxylic acids is 1. The van der Waals surface area contributed by atoms with Gasteiger partial charge in [-0.3, -0.25) is 4.79 Å². The van der Waals surface area contributed by atoms with E-state index in [0.717, 1.165) is 33.9 Å². The maximum atomic E-state index is 10.7. The summed E-state index contributed by atoms with van der Waals surface area (Å²) in [6.45, 7) is 4.33. The van der Waals surface area contributed by atoms with Crippen molar-refractivity contribution in [3.05, 3.63) is 47.6 Å². The molecule has 0 saturated heterocycles. The summed E-state index contributed by atoms with van der Waals surface area (Å²) in [5, 5.41) is 13.6. The lowest BCUT2D eigenvalue weighted by Gasteiger charge is -2.07. The predicted molar refractivity (Wildman–Crippen MR) is 117 cm³/mol. The maximum Gasteiger partial charge on any atom is 0.303 e. The average Bonchev–Trinajstić information content (AvgIpc) is 3.30. The summed E-state index contributed by atoms with van der Waals surface area (Å²) in [5.74, 6) is -0.0988. The van der Waals surface area contributed by atoms with Gasteiger partial charge in [0.1, 0.15) is 12.6 Å². The Labute approximate surface area is 173 Å². The standard InChI is InChI=1S/C24H23N3O3/c1-13-16-12-27(3)11-10-15(16)14(2)23-21(13)22-17(25-23)8-9-18-24(22)26-19(30-18)6-4-5-7-20(28)29/h8-12H,4-7H2,1-3H3,(H,28,29)/p+1. The molecule has 0 saturated carbocycles. The molecule has 0 bridgehead atoms. The van der Waals surface area contributed by atoms with Gasteiger partial charge in [-0.15, -0.1) is 0 Å². The summed E-state index contributed by atoms with van der Waals surface area (Å²) in [7, 11) is 2.04. The van der Waals surface area contributed by atoms with Crippen molar-refractivity contribution in [2.45, 2.75) is 39.5 Å². The molecule has 0 amide bonds. The largest absolute Gasteiger partial charge is 0.481 e. The molecule has 2 aromatic carbocycles. The van der Waals surface area contributed by atoms with Gasteiger partial charge in [0.25, 0.3) is 0 Å². The second-order valence-corrected chi connectivity index (χ2v) is 8.11. The number of hydrogen-bond acceptors (Lipinski definition) is 3. The number of pyridine rings is 1. The molecule has 152 valence electrons. The third-order valence-corrected chi connectivity index (χ3v) is 6.05. The van der Waals surface area contributed by atoms with Crippen molar-refractivity contribution < 1.29 is 18.9 Å². The minimum Gasteiger partial charge on any atom is -0.481 e. The fraction of sp³-hybridized carbons (Fsp3) is 0.292. The first-order valence-corrected chi connectivity index (χ1v) is 10.3. The van der Waals surface area contributed by atoms with Crippen LogP contribution < -0.4 is 4.57 Å². The first kappa shape index (κ1) is 18.6. The van der Waals surface area contributed by atoms with Crippen LogP contribution in [0.4, 0.5) is 0 Å². The zero-order valence-electron chi connectivity index (χ0n) is 17.4. The number of aromatic amines is 1. The van der Waals surface area contributed by atoms with Crippen molar-refractivity contribution in [3.8, 4) is 0 Å². The third-order valence-electron chi connectivity index (χ3n) is 6.05. The fourth-order valence-corrected chi connectivity index (χ4v) is 4.53. The van der Waals surface area contributed by atoms with Crippen LogP contribution in [0.1, 0.15) is 36.3 Å². The first-order valence-electron chi connectivity index (χ1n) is 10.3. The molecule has 0 atom stereocenters. The smallest absolute Gasteiger partial charge is 0.303 e. The number of unbranched alkanes of at least 4 members (excludes halogenated alkanes) is 1. The second kappa shape index (κ2) is 6.83. The van der Waals surface area contributed by atoms with E-state index in [1.807, 2.05) is 13.1 Å². The summed E-state index contributed by atoms with van der Waals surface area (Å²) < 4.78 is 8.08. The molecule has 0 fully saturated rings. The summed E-state index contributed by atoms with van der Waals surface area (Å²) >= 11 is 0. The number of oxazole rings is 1. The van der Waals surface area contributed by atoms with Crippen LogP contribution in [0.3, 0.4) is 0 Å². The molecule has 5 aromatic rings. The normalized spacial score (nSPS) is 12.0. The van der Waals surface area contributed by atoms with Crippen molar-refractivity contribution in [3.63, 3.8) is 0 Å². The number of nitrogens with zero attached hydrogens (tertiary/aromatic N) is 2. The maximum absolute atomic E-state index is 10.7. The van der Waals surface area contributed by atoms with Crippen LogP contribution in [0.2, 0.25) is 0 Å². The number of hydrogen-bond donors (Lipinski definition) is 2. The number of aromatic nitrogens is 3. The van der Waals surface area contributed by atoms with Gasteiger partial charge in [0.05, 0.1) is 5.52 Å². The van der Waals surface area contributed by atoms with Crippen LogP contribution >= 0.6 is 0 Å². The molecule has 3 aromatic heterocycles. The Hall–Kier alpha value is -3.41. The van der Waals surface area contributed by atoms with Crippen molar-refractivity contribution in [2.75, 3.05) is 0 Å². The van der Waals surface area contributed by atoms with Crippen LogP contribution in [-0.2, 0) is 18.3 Å². The highest BCUT2D eigenvalue weighted by Crippen LogP contribution is 2.39. The topological polar surface area (TPSA) is 83.0 Å². The van der Waals surface area contributed by atoms with Gasteiger partial charge in [-0.05, 0) is 55.3 Å². The van der Waals surface area contributed by atoms with Crippen molar-refractivity contribution in [1.29, 1.82) is 0 Å². The molecule has 6 nitrogen and oxygen atoms in total. The molecule has 0 radical (unpaired) electrons. The van der Waals surface area contributed by atoms with Crippen LogP contribution in [0.25, 0.3) is 43.7 Å². The van der Waals surface area contributed by atoms with E-state index in [2.05, 4.69) is 47.9 Å². The Balaban J connectivity index is 1.72.